The lowest BCUT2D eigenvalue weighted by atomic mass is 9.94. The maximum Gasteiger partial charge on any atom is 0.455 e. The highest BCUT2D eigenvalue weighted by molar-refractivity contribution is 6.11. The van der Waals surface area contributed by atoms with Crippen LogP contribution in [0.1, 0.15) is 18.5 Å². The normalized spacial score (nSPS) is 17.4. The van der Waals surface area contributed by atoms with E-state index in [1.54, 1.807) is 36.4 Å². The summed E-state index contributed by atoms with van der Waals surface area (Å²) in [5.74, 6) is -9.94. The van der Waals surface area contributed by atoms with E-state index in [9.17, 15) is 41.4 Å². The lowest BCUT2D eigenvalue weighted by molar-refractivity contribution is -0.278. The molecule has 7 nitrogen and oxygen atoms in total. The SMILES string of the molecule is C[C@@](F)(C(=O)NCC(F)(F)C(F)(F)F)C(=O)N[C@@H]1C(=O)N(CCO)c2ccccc2-c2ccccc21. The Morgan fingerprint density at radius 3 is 2.14 bits per heavy atom. The Labute approximate surface area is 201 Å². The molecule has 0 fully saturated rings. The molecule has 0 saturated heterocycles. The first-order chi connectivity index (χ1) is 16.7. The fourth-order valence-electron chi connectivity index (χ4n) is 3.64. The number of rotatable bonds is 7. The van der Waals surface area contributed by atoms with Gasteiger partial charge in [0.05, 0.1) is 18.8 Å². The van der Waals surface area contributed by atoms with Crippen molar-refractivity contribution in [2.24, 2.45) is 0 Å². The third-order valence-corrected chi connectivity index (χ3v) is 5.61. The van der Waals surface area contributed by atoms with Crippen LogP contribution >= 0.6 is 0 Å². The molecule has 0 radical (unpaired) electrons. The number of fused-ring (bicyclic) bond motifs is 3. The second-order valence-electron chi connectivity index (χ2n) is 8.11. The van der Waals surface area contributed by atoms with Gasteiger partial charge in [-0.25, -0.2) is 4.39 Å². The number of carbonyl (C=O) groups excluding carboxylic acids is 3. The molecule has 0 spiro atoms. The predicted molar refractivity (Wildman–Crippen MR) is 116 cm³/mol. The van der Waals surface area contributed by atoms with E-state index < -0.39 is 54.7 Å². The summed E-state index contributed by atoms with van der Waals surface area (Å²) in [7, 11) is 0. The summed E-state index contributed by atoms with van der Waals surface area (Å²) >= 11 is 0. The summed E-state index contributed by atoms with van der Waals surface area (Å²) in [5.41, 5.74) is -1.99. The second-order valence-corrected chi connectivity index (χ2v) is 8.11. The largest absolute Gasteiger partial charge is 0.455 e. The minimum Gasteiger partial charge on any atom is -0.395 e. The zero-order valence-electron chi connectivity index (χ0n) is 18.7. The molecule has 0 aromatic heterocycles. The minimum absolute atomic E-state index is 0.198. The average Bonchev–Trinajstić information content (AvgIpc) is 2.91. The van der Waals surface area contributed by atoms with Crippen molar-refractivity contribution in [1.82, 2.24) is 10.6 Å². The molecule has 3 rings (SSSR count). The Hall–Kier alpha value is -3.61. The van der Waals surface area contributed by atoms with Gasteiger partial charge in [-0.2, -0.15) is 22.0 Å². The van der Waals surface area contributed by atoms with E-state index in [4.69, 9.17) is 0 Å². The van der Waals surface area contributed by atoms with Crippen molar-refractivity contribution in [2.45, 2.75) is 30.7 Å². The van der Waals surface area contributed by atoms with Crippen LogP contribution in [-0.2, 0) is 14.4 Å². The van der Waals surface area contributed by atoms with Crippen LogP contribution in [0.4, 0.5) is 32.0 Å². The quantitative estimate of drug-likeness (QED) is 0.389. The zero-order chi connectivity index (χ0) is 26.9. The number of aliphatic hydroxyl groups is 1. The number of alkyl halides is 6. The molecule has 0 saturated carbocycles. The van der Waals surface area contributed by atoms with Gasteiger partial charge in [-0.1, -0.05) is 42.5 Å². The van der Waals surface area contributed by atoms with E-state index in [-0.39, 0.29) is 12.1 Å². The maximum atomic E-state index is 15.1. The first-order valence-electron chi connectivity index (χ1n) is 10.6. The number of β-amino-alcohol motifs (C(OH)–C–C–N with tert-alkyl or cyclic N) is 1. The molecule has 3 N–H and O–H groups in total. The number of benzene rings is 2. The van der Waals surface area contributed by atoms with Gasteiger partial charge in [0.2, 0.25) is 0 Å². The number of para-hydroxylation sites is 1. The number of nitrogens with one attached hydrogen (secondary N) is 2. The molecule has 1 aliphatic rings. The van der Waals surface area contributed by atoms with Gasteiger partial charge in [0.15, 0.2) is 0 Å². The van der Waals surface area contributed by atoms with Crippen LogP contribution in [0, 0.1) is 0 Å². The summed E-state index contributed by atoms with van der Waals surface area (Å²) in [6, 6.07) is 11.3. The Balaban J connectivity index is 1.92. The molecule has 3 amide bonds. The predicted octanol–water partition coefficient (Wildman–Crippen LogP) is 2.89. The summed E-state index contributed by atoms with van der Waals surface area (Å²) in [6.07, 6.45) is -6.00. The number of halogens is 6. The van der Waals surface area contributed by atoms with Crippen LogP contribution < -0.4 is 15.5 Å². The van der Waals surface area contributed by atoms with E-state index in [1.807, 2.05) is 0 Å². The fraction of sp³-hybridized carbons (Fsp3) is 0.348. The van der Waals surface area contributed by atoms with E-state index in [1.165, 1.54) is 12.1 Å². The smallest absolute Gasteiger partial charge is 0.395 e. The van der Waals surface area contributed by atoms with E-state index in [0.29, 0.717) is 23.7 Å². The van der Waals surface area contributed by atoms with Crippen molar-refractivity contribution < 1.29 is 45.8 Å². The van der Waals surface area contributed by atoms with E-state index in [2.05, 4.69) is 5.32 Å². The van der Waals surface area contributed by atoms with Crippen LogP contribution in [0.2, 0.25) is 0 Å². The first kappa shape index (κ1) is 27.0. The second kappa shape index (κ2) is 9.80. The zero-order valence-corrected chi connectivity index (χ0v) is 18.7. The third kappa shape index (κ3) is 5.01. The van der Waals surface area contributed by atoms with Crippen LogP contribution in [0.5, 0.6) is 0 Å². The number of nitrogens with zero attached hydrogens (tertiary/aromatic N) is 1. The van der Waals surface area contributed by atoms with E-state index in [0.717, 1.165) is 10.2 Å². The molecule has 2 aromatic rings. The summed E-state index contributed by atoms with van der Waals surface area (Å²) < 4.78 is 78.4. The molecule has 1 heterocycles. The topological polar surface area (TPSA) is 98.7 Å². The molecule has 2 atom stereocenters. The molecule has 194 valence electrons. The van der Waals surface area contributed by atoms with Gasteiger partial charge in [-0.05, 0) is 24.1 Å². The molecule has 0 bridgehead atoms. The summed E-state index contributed by atoms with van der Waals surface area (Å²) in [6.45, 7) is -2.58. The van der Waals surface area contributed by atoms with Gasteiger partial charge in [-0.15, -0.1) is 0 Å². The monoisotopic (exact) mass is 517 g/mol. The molecular formula is C23H21F6N3O4. The molecule has 36 heavy (non-hydrogen) atoms. The van der Waals surface area contributed by atoms with Gasteiger partial charge in [-0.3, -0.25) is 14.4 Å². The molecular weight excluding hydrogens is 496 g/mol. The fourth-order valence-corrected chi connectivity index (χ4v) is 3.64. The summed E-state index contributed by atoms with van der Waals surface area (Å²) in [5, 5.41) is 12.7. The van der Waals surface area contributed by atoms with Gasteiger partial charge in [0.25, 0.3) is 23.4 Å². The lowest BCUT2D eigenvalue weighted by Crippen LogP contribution is -2.57. The number of aliphatic hydroxyl groups excluding tert-OH is 1. The Morgan fingerprint density at radius 1 is 0.944 bits per heavy atom. The third-order valence-electron chi connectivity index (χ3n) is 5.61. The van der Waals surface area contributed by atoms with Crippen molar-refractivity contribution in [3.05, 3.63) is 54.1 Å². The number of carbonyl (C=O) groups is 3. The molecule has 13 heteroatoms. The highest BCUT2D eigenvalue weighted by Crippen LogP contribution is 2.40. The summed E-state index contributed by atoms with van der Waals surface area (Å²) in [4.78, 5) is 39.4. The van der Waals surface area contributed by atoms with Gasteiger partial charge in [0, 0.05) is 12.1 Å². The van der Waals surface area contributed by atoms with E-state index >= 15 is 4.39 Å². The van der Waals surface area contributed by atoms with Crippen molar-refractivity contribution in [2.75, 3.05) is 24.6 Å². The van der Waals surface area contributed by atoms with Gasteiger partial charge < -0.3 is 20.6 Å². The first-order valence-corrected chi connectivity index (χ1v) is 10.6. The van der Waals surface area contributed by atoms with Crippen LogP contribution in [0.15, 0.2) is 48.5 Å². The van der Waals surface area contributed by atoms with Crippen LogP contribution in [0.25, 0.3) is 11.1 Å². The molecule has 2 aromatic carbocycles. The number of hydrogen-bond acceptors (Lipinski definition) is 4. The standard InChI is InChI=1S/C23H21F6N3O4/c1-21(24,19(35)30-12-22(25,26)23(27,28)29)20(36)31-17-15-8-3-2-6-13(15)14-7-4-5-9-16(14)32(10-11-33)18(17)34/h2-9,17,33H,10-12H2,1H3,(H,30,35)(H,31,36)/t17-,21+/m0/s1. The van der Waals surface area contributed by atoms with Crippen molar-refractivity contribution in [3.8, 4) is 11.1 Å². The highest BCUT2D eigenvalue weighted by atomic mass is 19.4. The van der Waals surface area contributed by atoms with Crippen LogP contribution in [0.3, 0.4) is 0 Å². The maximum absolute atomic E-state index is 15.1. The van der Waals surface area contributed by atoms with Gasteiger partial charge in [0.1, 0.15) is 6.04 Å². The Kier molecular flexibility index (Phi) is 7.35. The number of amides is 3. The minimum atomic E-state index is -6.00. The molecule has 0 unspecified atom stereocenters. The Bertz CT molecular complexity index is 1170. The average molecular weight is 517 g/mol. The van der Waals surface area contributed by atoms with Crippen molar-refractivity contribution in [1.29, 1.82) is 0 Å². The number of hydrogen-bond donors (Lipinski definition) is 3. The number of anilines is 1. The van der Waals surface area contributed by atoms with Crippen LogP contribution in [-0.4, -0.2) is 60.3 Å². The van der Waals surface area contributed by atoms with Crippen molar-refractivity contribution >= 4 is 23.4 Å². The Morgan fingerprint density at radius 2 is 1.53 bits per heavy atom. The molecule has 1 aliphatic heterocycles. The van der Waals surface area contributed by atoms with Crippen molar-refractivity contribution in [3.63, 3.8) is 0 Å². The highest BCUT2D eigenvalue weighted by Gasteiger charge is 2.58. The lowest BCUT2D eigenvalue weighted by Gasteiger charge is -2.28. The van der Waals surface area contributed by atoms with Gasteiger partial charge >= 0.3 is 12.1 Å². The molecule has 0 aliphatic carbocycles.